The molecular weight excluding hydrogens is 379 g/mol. The zero-order valence-corrected chi connectivity index (χ0v) is 13.7. The minimum atomic E-state index is -0.168. The van der Waals surface area contributed by atoms with Gasteiger partial charge in [-0.1, -0.05) is 25.1 Å². The molecule has 2 aromatic carbocycles. The van der Waals surface area contributed by atoms with Crippen LogP contribution in [0, 0.1) is 3.57 Å². The standard InChI is InChI=1S/C16H15IN2O2/c1-2-15(20)18-11-6-5-7-12(10-11)19-16(21)13-8-3-4-9-14(13)17/h3-10H,2H2,1H3,(H,18,20)(H,19,21). The van der Waals surface area contributed by atoms with Crippen LogP contribution in [0.5, 0.6) is 0 Å². The third-order valence-corrected chi connectivity index (χ3v) is 3.78. The van der Waals surface area contributed by atoms with E-state index in [2.05, 4.69) is 33.2 Å². The summed E-state index contributed by atoms with van der Waals surface area (Å²) < 4.78 is 0.892. The summed E-state index contributed by atoms with van der Waals surface area (Å²) >= 11 is 2.13. The number of halogens is 1. The summed E-state index contributed by atoms with van der Waals surface area (Å²) in [5.74, 6) is -0.227. The lowest BCUT2D eigenvalue weighted by Gasteiger charge is -2.09. The second-order valence-electron chi connectivity index (χ2n) is 4.42. The van der Waals surface area contributed by atoms with Crippen molar-refractivity contribution in [3.05, 3.63) is 57.7 Å². The quantitative estimate of drug-likeness (QED) is 0.774. The van der Waals surface area contributed by atoms with Gasteiger partial charge in [-0.2, -0.15) is 0 Å². The summed E-state index contributed by atoms with van der Waals surface area (Å²) in [6.45, 7) is 1.79. The van der Waals surface area contributed by atoms with Gasteiger partial charge >= 0.3 is 0 Å². The van der Waals surface area contributed by atoms with Gasteiger partial charge in [0.2, 0.25) is 5.91 Å². The molecule has 2 amide bonds. The SMILES string of the molecule is CCC(=O)Nc1cccc(NC(=O)c2ccccc2I)c1. The molecule has 21 heavy (non-hydrogen) atoms. The van der Waals surface area contributed by atoms with Crippen LogP contribution in [0.2, 0.25) is 0 Å². The van der Waals surface area contributed by atoms with Gasteiger partial charge in [0.15, 0.2) is 0 Å². The Hall–Kier alpha value is -1.89. The Morgan fingerprint density at radius 2 is 1.67 bits per heavy atom. The van der Waals surface area contributed by atoms with Crippen LogP contribution < -0.4 is 10.6 Å². The van der Waals surface area contributed by atoms with Gasteiger partial charge in [-0.15, -0.1) is 0 Å². The van der Waals surface area contributed by atoms with Crippen molar-refractivity contribution in [3.8, 4) is 0 Å². The van der Waals surface area contributed by atoms with E-state index in [-0.39, 0.29) is 11.8 Å². The van der Waals surface area contributed by atoms with Crippen molar-refractivity contribution < 1.29 is 9.59 Å². The van der Waals surface area contributed by atoms with Gasteiger partial charge in [-0.25, -0.2) is 0 Å². The molecular formula is C16H15IN2O2. The van der Waals surface area contributed by atoms with Gasteiger partial charge in [0.05, 0.1) is 5.56 Å². The first-order chi connectivity index (χ1) is 10.1. The number of hydrogen-bond acceptors (Lipinski definition) is 2. The lowest BCUT2D eigenvalue weighted by atomic mass is 10.2. The number of rotatable bonds is 4. The monoisotopic (exact) mass is 394 g/mol. The summed E-state index contributed by atoms with van der Waals surface area (Å²) in [7, 11) is 0. The predicted molar refractivity (Wildman–Crippen MR) is 92.5 cm³/mol. The number of anilines is 2. The minimum absolute atomic E-state index is 0.0592. The van der Waals surface area contributed by atoms with Crippen molar-refractivity contribution in [3.63, 3.8) is 0 Å². The van der Waals surface area contributed by atoms with Gasteiger partial charge in [-0.05, 0) is 52.9 Å². The van der Waals surface area contributed by atoms with Gasteiger partial charge in [0.1, 0.15) is 0 Å². The van der Waals surface area contributed by atoms with Crippen molar-refractivity contribution in [2.45, 2.75) is 13.3 Å². The Morgan fingerprint density at radius 3 is 2.33 bits per heavy atom. The maximum absolute atomic E-state index is 12.2. The topological polar surface area (TPSA) is 58.2 Å². The normalized spacial score (nSPS) is 10.0. The second-order valence-corrected chi connectivity index (χ2v) is 5.58. The summed E-state index contributed by atoms with van der Waals surface area (Å²) in [6, 6.07) is 14.5. The van der Waals surface area contributed by atoms with E-state index in [0.29, 0.717) is 23.4 Å². The predicted octanol–water partition coefficient (Wildman–Crippen LogP) is 3.89. The first-order valence-corrected chi connectivity index (χ1v) is 7.64. The number of carbonyl (C=O) groups is 2. The molecule has 0 spiro atoms. The van der Waals surface area contributed by atoms with Crippen LogP contribution in [0.1, 0.15) is 23.7 Å². The molecule has 108 valence electrons. The molecule has 2 aromatic rings. The second kappa shape index (κ2) is 7.21. The first-order valence-electron chi connectivity index (χ1n) is 6.56. The fourth-order valence-electron chi connectivity index (χ4n) is 1.77. The first kappa shape index (κ1) is 15.5. The summed E-state index contributed by atoms with van der Waals surface area (Å²) in [6.07, 6.45) is 0.415. The fourth-order valence-corrected chi connectivity index (χ4v) is 2.40. The molecule has 0 radical (unpaired) electrons. The summed E-state index contributed by atoms with van der Waals surface area (Å²) in [4.78, 5) is 23.6. The zero-order chi connectivity index (χ0) is 15.2. The van der Waals surface area contributed by atoms with Gasteiger partial charge in [0.25, 0.3) is 5.91 Å². The number of amides is 2. The van der Waals surface area contributed by atoms with E-state index >= 15 is 0 Å². The number of benzene rings is 2. The van der Waals surface area contributed by atoms with E-state index < -0.39 is 0 Å². The molecule has 0 aliphatic rings. The number of nitrogens with one attached hydrogen (secondary N) is 2. The molecule has 0 unspecified atom stereocenters. The molecule has 0 aliphatic heterocycles. The van der Waals surface area contributed by atoms with Crippen molar-refractivity contribution >= 4 is 45.8 Å². The van der Waals surface area contributed by atoms with Crippen molar-refractivity contribution in [2.75, 3.05) is 10.6 Å². The van der Waals surface area contributed by atoms with Gasteiger partial charge in [0, 0.05) is 21.4 Å². The van der Waals surface area contributed by atoms with E-state index in [1.165, 1.54) is 0 Å². The van der Waals surface area contributed by atoms with Gasteiger partial charge < -0.3 is 10.6 Å². The molecule has 0 bridgehead atoms. The molecule has 4 nitrogen and oxygen atoms in total. The maximum atomic E-state index is 12.2. The highest BCUT2D eigenvalue weighted by Gasteiger charge is 2.09. The van der Waals surface area contributed by atoms with Crippen molar-refractivity contribution in [2.24, 2.45) is 0 Å². The Morgan fingerprint density at radius 1 is 1.00 bits per heavy atom. The molecule has 5 heteroatoms. The van der Waals surface area contributed by atoms with Crippen molar-refractivity contribution in [1.82, 2.24) is 0 Å². The van der Waals surface area contributed by atoms with Crippen LogP contribution in [0.25, 0.3) is 0 Å². The summed E-state index contributed by atoms with van der Waals surface area (Å²) in [5, 5.41) is 5.60. The highest BCUT2D eigenvalue weighted by molar-refractivity contribution is 14.1. The lowest BCUT2D eigenvalue weighted by Crippen LogP contribution is -2.14. The van der Waals surface area contributed by atoms with Crippen LogP contribution in [0.15, 0.2) is 48.5 Å². The largest absolute Gasteiger partial charge is 0.326 e. The third kappa shape index (κ3) is 4.29. The average Bonchev–Trinajstić information content (AvgIpc) is 2.47. The molecule has 0 aliphatic carbocycles. The Balaban J connectivity index is 2.13. The molecule has 0 aromatic heterocycles. The maximum Gasteiger partial charge on any atom is 0.256 e. The lowest BCUT2D eigenvalue weighted by molar-refractivity contribution is -0.115. The van der Waals surface area contributed by atoms with E-state index in [1.807, 2.05) is 18.2 Å². The molecule has 2 N–H and O–H groups in total. The molecule has 2 rings (SSSR count). The van der Waals surface area contributed by atoms with Crippen molar-refractivity contribution in [1.29, 1.82) is 0 Å². The molecule has 0 atom stereocenters. The van der Waals surface area contributed by atoms with Crippen LogP contribution >= 0.6 is 22.6 Å². The molecule has 0 fully saturated rings. The van der Waals surface area contributed by atoms with E-state index in [4.69, 9.17) is 0 Å². The fraction of sp³-hybridized carbons (Fsp3) is 0.125. The van der Waals surface area contributed by atoms with E-state index in [9.17, 15) is 9.59 Å². The molecule has 0 saturated carbocycles. The van der Waals surface area contributed by atoms with Crippen LogP contribution in [0.4, 0.5) is 11.4 Å². The smallest absolute Gasteiger partial charge is 0.256 e. The Labute approximate surface area is 137 Å². The highest BCUT2D eigenvalue weighted by Crippen LogP contribution is 2.18. The van der Waals surface area contributed by atoms with E-state index in [0.717, 1.165) is 3.57 Å². The average molecular weight is 394 g/mol. The minimum Gasteiger partial charge on any atom is -0.326 e. The Bertz CT molecular complexity index is 671. The summed E-state index contributed by atoms with van der Waals surface area (Å²) in [5.41, 5.74) is 1.94. The van der Waals surface area contributed by atoms with E-state index in [1.54, 1.807) is 37.3 Å². The number of carbonyl (C=O) groups excluding carboxylic acids is 2. The van der Waals surface area contributed by atoms with Crippen LogP contribution in [-0.4, -0.2) is 11.8 Å². The Kier molecular flexibility index (Phi) is 5.32. The molecule has 0 heterocycles. The zero-order valence-electron chi connectivity index (χ0n) is 11.5. The van der Waals surface area contributed by atoms with Crippen LogP contribution in [-0.2, 0) is 4.79 Å². The number of hydrogen-bond donors (Lipinski definition) is 2. The highest BCUT2D eigenvalue weighted by atomic mass is 127. The van der Waals surface area contributed by atoms with Crippen LogP contribution in [0.3, 0.4) is 0 Å². The van der Waals surface area contributed by atoms with Gasteiger partial charge in [-0.3, -0.25) is 9.59 Å². The molecule has 0 saturated heterocycles. The third-order valence-electron chi connectivity index (χ3n) is 2.84.